The van der Waals surface area contributed by atoms with Crippen LogP contribution < -0.4 is 5.32 Å². The Hall–Kier alpha value is -2.42. The van der Waals surface area contributed by atoms with Gasteiger partial charge in [0.05, 0.1) is 17.3 Å². The number of amides is 1. The summed E-state index contributed by atoms with van der Waals surface area (Å²) in [7, 11) is 0. The molecule has 0 aromatic carbocycles. The smallest absolute Gasteiger partial charge is 0.328 e. The van der Waals surface area contributed by atoms with E-state index in [2.05, 4.69) is 15.1 Å². The lowest BCUT2D eigenvalue weighted by molar-refractivity contribution is -0.152. The van der Waals surface area contributed by atoms with Crippen molar-refractivity contribution in [1.82, 2.24) is 10.3 Å². The molecule has 0 unspecified atom stereocenters. The van der Waals surface area contributed by atoms with Crippen LogP contribution in [-0.4, -0.2) is 50.9 Å². The number of aliphatic hydroxyl groups excluding tert-OH is 1. The van der Waals surface area contributed by atoms with E-state index in [1.54, 1.807) is 13.8 Å². The molecule has 24 heavy (non-hydrogen) atoms. The number of thiazole rings is 1. The summed E-state index contributed by atoms with van der Waals surface area (Å²) >= 11 is 1.21. The molecule has 0 spiro atoms. The fraction of sp³-hybridized carbons (Fsp3) is 0.500. The van der Waals surface area contributed by atoms with E-state index in [0.29, 0.717) is 6.21 Å². The van der Waals surface area contributed by atoms with E-state index in [9.17, 15) is 19.5 Å². The number of nitrogens with zero attached hydrogens (tertiary/aromatic N) is 3. The molecular formula is C14H18N4O5S. The summed E-state index contributed by atoms with van der Waals surface area (Å²) in [5.74, 6) is -2.07. The fourth-order valence-corrected chi connectivity index (χ4v) is 2.29. The number of carbonyl (C=O) groups excluding carboxylic acids is 3. The van der Waals surface area contributed by atoms with Crippen LogP contribution in [0.3, 0.4) is 0 Å². The molecule has 9 nitrogen and oxygen atoms in total. The number of ether oxygens (including phenoxy) is 1. The second-order valence-corrected chi connectivity index (χ2v) is 5.83. The molecule has 1 rings (SSSR count). The van der Waals surface area contributed by atoms with Crippen molar-refractivity contribution in [2.75, 3.05) is 0 Å². The zero-order chi connectivity index (χ0) is 18.1. The molecular weight excluding hydrogens is 336 g/mol. The van der Waals surface area contributed by atoms with E-state index < -0.39 is 35.9 Å². The first-order valence-electron chi connectivity index (χ1n) is 7.12. The third-order valence-electron chi connectivity index (χ3n) is 2.81. The molecule has 1 aromatic rings. The van der Waals surface area contributed by atoms with Crippen LogP contribution in [0.5, 0.6) is 0 Å². The minimum absolute atomic E-state index is 0.0636. The topological polar surface area (TPSA) is 142 Å². The zero-order valence-electron chi connectivity index (χ0n) is 13.2. The predicted molar refractivity (Wildman–Crippen MR) is 84.2 cm³/mol. The lowest BCUT2D eigenvalue weighted by atomic mass is 10.1. The number of hydrogen-bond donors (Lipinski definition) is 2. The minimum atomic E-state index is -1.53. The van der Waals surface area contributed by atoms with Crippen LogP contribution in [-0.2, 0) is 19.1 Å². The van der Waals surface area contributed by atoms with Crippen molar-refractivity contribution in [2.45, 2.75) is 44.9 Å². The molecule has 2 atom stereocenters. The first kappa shape index (κ1) is 19.6. The Kier molecular flexibility index (Phi) is 7.90. The molecule has 0 aliphatic heterocycles. The highest BCUT2D eigenvalue weighted by molar-refractivity contribution is 7.07. The molecule has 1 amide bonds. The molecule has 1 heterocycles. The van der Waals surface area contributed by atoms with Crippen LogP contribution in [0.2, 0.25) is 0 Å². The summed E-state index contributed by atoms with van der Waals surface area (Å²) in [5, 5.41) is 13.8. The third kappa shape index (κ3) is 6.37. The van der Waals surface area contributed by atoms with Gasteiger partial charge in [-0.2, -0.15) is 4.79 Å². The van der Waals surface area contributed by atoms with Gasteiger partial charge in [0, 0.05) is 11.8 Å². The van der Waals surface area contributed by atoms with E-state index >= 15 is 0 Å². The average molecular weight is 354 g/mol. The maximum atomic E-state index is 12.1. The summed E-state index contributed by atoms with van der Waals surface area (Å²) in [6.45, 7) is 3.29. The zero-order valence-corrected chi connectivity index (χ0v) is 14.0. The maximum Gasteiger partial charge on any atom is 0.328 e. The largest absolute Gasteiger partial charge is 0.461 e. The molecule has 0 radical (unpaired) electrons. The highest BCUT2D eigenvalue weighted by Gasteiger charge is 2.28. The SMILES string of the molecule is CC(C)OC(=O)[C@H](CCC(=O)C=[N+]=[N-])NC(=O)[C@@H](O)c1cscn1. The van der Waals surface area contributed by atoms with Crippen molar-refractivity contribution in [3.8, 4) is 0 Å². The molecule has 0 fully saturated rings. The van der Waals surface area contributed by atoms with Crippen LogP contribution in [0.15, 0.2) is 10.9 Å². The molecule has 0 saturated heterocycles. The van der Waals surface area contributed by atoms with Crippen molar-refractivity contribution in [1.29, 1.82) is 0 Å². The van der Waals surface area contributed by atoms with Gasteiger partial charge in [-0.05, 0) is 20.3 Å². The molecule has 2 N–H and O–H groups in total. The average Bonchev–Trinajstić information content (AvgIpc) is 3.04. The monoisotopic (exact) mass is 354 g/mol. The second kappa shape index (κ2) is 9.66. The first-order chi connectivity index (χ1) is 11.3. The van der Waals surface area contributed by atoms with E-state index in [1.165, 1.54) is 22.2 Å². The van der Waals surface area contributed by atoms with Gasteiger partial charge in [-0.15, -0.1) is 11.3 Å². The van der Waals surface area contributed by atoms with E-state index in [-0.39, 0.29) is 18.5 Å². The molecule has 130 valence electrons. The number of ketones is 1. The molecule has 10 heteroatoms. The van der Waals surface area contributed by atoms with Gasteiger partial charge in [0.25, 0.3) is 5.91 Å². The third-order valence-corrected chi connectivity index (χ3v) is 3.42. The summed E-state index contributed by atoms with van der Waals surface area (Å²) < 4.78 is 5.03. The van der Waals surface area contributed by atoms with Gasteiger partial charge >= 0.3 is 12.2 Å². The number of aromatic nitrogens is 1. The van der Waals surface area contributed by atoms with Crippen LogP contribution in [0.25, 0.3) is 5.53 Å². The van der Waals surface area contributed by atoms with Gasteiger partial charge in [0.2, 0.25) is 5.78 Å². The highest BCUT2D eigenvalue weighted by atomic mass is 32.1. The van der Waals surface area contributed by atoms with Gasteiger partial charge in [-0.3, -0.25) is 9.59 Å². The maximum absolute atomic E-state index is 12.1. The van der Waals surface area contributed by atoms with Crippen LogP contribution in [0, 0.1) is 0 Å². The Labute approximate surface area is 142 Å². The van der Waals surface area contributed by atoms with Crippen LogP contribution in [0.1, 0.15) is 38.5 Å². The quantitative estimate of drug-likeness (QED) is 0.282. The van der Waals surface area contributed by atoms with Gasteiger partial charge in [0.1, 0.15) is 6.04 Å². The Morgan fingerprint density at radius 1 is 1.50 bits per heavy atom. The van der Waals surface area contributed by atoms with Crippen molar-refractivity contribution in [3.05, 3.63) is 22.1 Å². The van der Waals surface area contributed by atoms with Crippen molar-refractivity contribution in [3.63, 3.8) is 0 Å². The van der Waals surface area contributed by atoms with Gasteiger partial charge in [-0.25, -0.2) is 9.78 Å². The summed E-state index contributed by atoms with van der Waals surface area (Å²) in [5.41, 5.74) is 9.93. The van der Waals surface area contributed by atoms with Gasteiger partial charge in [0.15, 0.2) is 6.10 Å². The minimum Gasteiger partial charge on any atom is -0.461 e. The Bertz CT molecular complexity index is 625. The lowest BCUT2D eigenvalue weighted by Crippen LogP contribution is -2.44. The molecule has 0 saturated carbocycles. The first-order valence-corrected chi connectivity index (χ1v) is 8.06. The van der Waals surface area contributed by atoms with E-state index in [4.69, 9.17) is 10.3 Å². The van der Waals surface area contributed by atoms with E-state index in [0.717, 1.165) is 0 Å². The number of nitrogens with one attached hydrogen (secondary N) is 1. The molecule has 1 aromatic heterocycles. The van der Waals surface area contributed by atoms with Crippen molar-refractivity contribution >= 4 is 35.2 Å². The normalized spacial score (nSPS) is 12.8. The summed E-state index contributed by atoms with van der Waals surface area (Å²) in [4.78, 5) is 41.9. The molecule has 0 aliphatic carbocycles. The number of rotatable bonds is 9. The Morgan fingerprint density at radius 3 is 2.75 bits per heavy atom. The van der Waals surface area contributed by atoms with Gasteiger partial charge < -0.3 is 20.7 Å². The summed E-state index contributed by atoms with van der Waals surface area (Å²) in [6.07, 6.45) is -1.44. The number of esters is 1. The highest BCUT2D eigenvalue weighted by Crippen LogP contribution is 2.13. The number of hydrogen-bond acceptors (Lipinski definition) is 7. The standard InChI is InChI=1S/C14H18N4O5S/c1-8(2)23-14(22)10(4-3-9(19)5-17-15)18-13(21)12(20)11-6-24-7-16-11/h5-8,10,12,20H,3-4H2,1-2H3,(H,18,21)/t10-,12-/m0/s1. The predicted octanol–water partition coefficient (Wildman–Crippen LogP) is 0.263. The summed E-state index contributed by atoms with van der Waals surface area (Å²) in [6, 6.07) is -1.12. The fourth-order valence-electron chi connectivity index (χ4n) is 1.72. The number of Topliss-reactive ketones (excluding diaryl/α,β-unsaturated/α-hetero) is 1. The van der Waals surface area contributed by atoms with Gasteiger partial charge in [-0.1, -0.05) is 0 Å². The molecule has 0 bridgehead atoms. The molecule has 0 aliphatic rings. The second-order valence-electron chi connectivity index (χ2n) is 5.11. The van der Waals surface area contributed by atoms with Crippen molar-refractivity contribution in [2.24, 2.45) is 0 Å². The number of carbonyl (C=O) groups is 3. The lowest BCUT2D eigenvalue weighted by Gasteiger charge is -2.19. The van der Waals surface area contributed by atoms with Crippen LogP contribution in [0.4, 0.5) is 0 Å². The van der Waals surface area contributed by atoms with Crippen molar-refractivity contribution < 1.29 is 29.0 Å². The number of aliphatic hydroxyl groups is 1. The Morgan fingerprint density at radius 2 is 2.21 bits per heavy atom. The van der Waals surface area contributed by atoms with Crippen LogP contribution >= 0.6 is 11.3 Å². The van der Waals surface area contributed by atoms with E-state index in [1.807, 2.05) is 0 Å². The Balaban J connectivity index is 2.76.